The molecule has 1 N–H and O–H groups in total. The van der Waals surface area contributed by atoms with Crippen LogP contribution in [0.15, 0.2) is 4.52 Å². The molecule has 0 saturated carbocycles. The summed E-state index contributed by atoms with van der Waals surface area (Å²) in [6, 6.07) is 0. The van der Waals surface area contributed by atoms with Gasteiger partial charge in [0, 0.05) is 6.42 Å². The van der Waals surface area contributed by atoms with Gasteiger partial charge in [0.25, 0.3) is 5.91 Å². The molecule has 0 radical (unpaired) electrons. The fourth-order valence-corrected chi connectivity index (χ4v) is 3.60. The molecule has 0 aromatic carbocycles. The predicted octanol–water partition coefficient (Wildman–Crippen LogP) is 1.83. The summed E-state index contributed by atoms with van der Waals surface area (Å²) in [6.45, 7) is 7.07. The number of unbranched alkanes of at least 4 members (excludes halogenated alkanes) is 1. The van der Waals surface area contributed by atoms with Gasteiger partial charge in [0.15, 0.2) is 0 Å². The van der Waals surface area contributed by atoms with E-state index in [2.05, 4.69) is 12.1 Å². The Morgan fingerprint density at radius 2 is 2.14 bits per heavy atom. The summed E-state index contributed by atoms with van der Waals surface area (Å²) < 4.78 is 10.9. The number of carbonyl (C=O) groups is 1. The maximum atomic E-state index is 12.5. The second-order valence-electron chi connectivity index (χ2n) is 6.84. The van der Waals surface area contributed by atoms with Gasteiger partial charge < -0.3 is 19.3 Å². The summed E-state index contributed by atoms with van der Waals surface area (Å²) in [7, 11) is 0. The first-order chi connectivity index (χ1) is 10.4. The van der Waals surface area contributed by atoms with Gasteiger partial charge in [-0.2, -0.15) is 0 Å². The molecule has 2 saturated heterocycles. The summed E-state index contributed by atoms with van der Waals surface area (Å²) in [4.78, 5) is 14.3. The Labute approximate surface area is 130 Å². The fraction of sp³-hybridized carbons (Fsp3) is 0.750. The molecule has 122 valence electrons. The number of hydrogen-bond acceptors (Lipinski definition) is 5. The van der Waals surface area contributed by atoms with E-state index in [0.29, 0.717) is 43.1 Å². The van der Waals surface area contributed by atoms with Gasteiger partial charge in [-0.1, -0.05) is 24.9 Å². The molecule has 22 heavy (non-hydrogen) atoms. The third kappa shape index (κ3) is 2.54. The maximum absolute atomic E-state index is 12.5. The van der Waals surface area contributed by atoms with Crippen molar-refractivity contribution >= 4 is 5.91 Å². The standard InChI is InChI=1S/C16H24N2O4/c1-4-5-6-15(20)7-16(21-10-15)8-18(9-16)14(19)13-11(2)17-22-12(13)3/h20H,4-10H2,1-3H3. The van der Waals surface area contributed by atoms with Crippen LogP contribution in [0, 0.1) is 13.8 Å². The maximum Gasteiger partial charge on any atom is 0.259 e. The zero-order valence-electron chi connectivity index (χ0n) is 13.5. The van der Waals surface area contributed by atoms with Gasteiger partial charge in [-0.25, -0.2) is 0 Å². The lowest BCUT2D eigenvalue weighted by molar-refractivity contribution is -0.0956. The van der Waals surface area contributed by atoms with Crippen molar-refractivity contribution in [1.29, 1.82) is 0 Å². The Kier molecular flexibility index (Phi) is 3.77. The summed E-state index contributed by atoms with van der Waals surface area (Å²) in [5.41, 5.74) is 0.0787. The van der Waals surface area contributed by atoms with Crippen LogP contribution in [-0.2, 0) is 4.74 Å². The zero-order valence-corrected chi connectivity index (χ0v) is 13.5. The highest BCUT2D eigenvalue weighted by Gasteiger charge is 2.56. The number of ether oxygens (including phenoxy) is 1. The molecule has 1 aromatic rings. The lowest BCUT2D eigenvalue weighted by Gasteiger charge is -2.47. The highest BCUT2D eigenvalue weighted by molar-refractivity contribution is 5.96. The zero-order chi connectivity index (χ0) is 16.0. The minimum atomic E-state index is -0.728. The largest absolute Gasteiger partial charge is 0.387 e. The van der Waals surface area contributed by atoms with Gasteiger partial charge in [0.1, 0.15) is 16.9 Å². The van der Waals surface area contributed by atoms with Gasteiger partial charge in [0.2, 0.25) is 0 Å². The molecule has 0 aliphatic carbocycles. The molecule has 6 nitrogen and oxygen atoms in total. The molecular weight excluding hydrogens is 284 g/mol. The molecule has 1 spiro atoms. The fourth-order valence-electron chi connectivity index (χ4n) is 3.60. The van der Waals surface area contributed by atoms with Crippen LogP contribution in [0.3, 0.4) is 0 Å². The number of aromatic nitrogens is 1. The van der Waals surface area contributed by atoms with Crippen LogP contribution in [-0.4, -0.2) is 52.0 Å². The number of likely N-dealkylation sites (tertiary alicyclic amines) is 1. The number of rotatable bonds is 4. The average molecular weight is 308 g/mol. The highest BCUT2D eigenvalue weighted by atomic mass is 16.5. The van der Waals surface area contributed by atoms with Gasteiger partial charge in [-0.3, -0.25) is 4.79 Å². The van der Waals surface area contributed by atoms with Crippen LogP contribution < -0.4 is 0 Å². The van der Waals surface area contributed by atoms with E-state index in [1.807, 2.05) is 0 Å². The molecule has 1 atom stereocenters. The molecular formula is C16H24N2O4. The van der Waals surface area contributed by atoms with Crippen molar-refractivity contribution in [1.82, 2.24) is 10.1 Å². The third-order valence-electron chi connectivity index (χ3n) is 4.79. The van der Waals surface area contributed by atoms with Crippen LogP contribution in [0.25, 0.3) is 0 Å². The SMILES string of the molecule is CCCCC1(O)COC2(CN(C(=O)c3c(C)noc3C)C2)C1. The van der Waals surface area contributed by atoms with Crippen molar-refractivity contribution < 1.29 is 19.2 Å². The minimum absolute atomic E-state index is 0.0607. The van der Waals surface area contributed by atoms with E-state index < -0.39 is 5.60 Å². The van der Waals surface area contributed by atoms with E-state index in [9.17, 15) is 9.90 Å². The van der Waals surface area contributed by atoms with Crippen molar-refractivity contribution in [2.45, 2.75) is 57.7 Å². The molecule has 0 bridgehead atoms. The number of aryl methyl sites for hydroxylation is 2. The molecule has 2 aliphatic heterocycles. The highest BCUT2D eigenvalue weighted by Crippen LogP contribution is 2.42. The molecule has 6 heteroatoms. The van der Waals surface area contributed by atoms with E-state index in [4.69, 9.17) is 9.26 Å². The van der Waals surface area contributed by atoms with Crippen molar-refractivity contribution in [3.8, 4) is 0 Å². The van der Waals surface area contributed by atoms with E-state index in [-0.39, 0.29) is 11.5 Å². The smallest absolute Gasteiger partial charge is 0.259 e. The Hall–Kier alpha value is -1.40. The Balaban J connectivity index is 1.62. The van der Waals surface area contributed by atoms with Gasteiger partial charge in [-0.15, -0.1) is 0 Å². The van der Waals surface area contributed by atoms with Gasteiger partial charge in [0.05, 0.1) is 31.0 Å². The third-order valence-corrected chi connectivity index (χ3v) is 4.79. The number of aliphatic hydroxyl groups is 1. The molecule has 2 fully saturated rings. The second kappa shape index (κ2) is 5.35. The van der Waals surface area contributed by atoms with Crippen LogP contribution in [0.2, 0.25) is 0 Å². The second-order valence-corrected chi connectivity index (χ2v) is 6.84. The predicted molar refractivity (Wildman–Crippen MR) is 79.7 cm³/mol. The summed E-state index contributed by atoms with van der Waals surface area (Å²) >= 11 is 0. The normalized spacial score (nSPS) is 26.5. The quantitative estimate of drug-likeness (QED) is 0.918. The van der Waals surface area contributed by atoms with Crippen molar-refractivity contribution in [3.05, 3.63) is 17.0 Å². The monoisotopic (exact) mass is 308 g/mol. The number of amides is 1. The van der Waals surface area contributed by atoms with Gasteiger partial charge in [-0.05, 0) is 20.3 Å². The van der Waals surface area contributed by atoms with E-state index in [0.717, 1.165) is 19.3 Å². The van der Waals surface area contributed by atoms with Crippen molar-refractivity contribution in [2.75, 3.05) is 19.7 Å². The topological polar surface area (TPSA) is 75.8 Å². The molecule has 2 aliphatic rings. The molecule has 3 heterocycles. The first-order valence-electron chi connectivity index (χ1n) is 7.97. The van der Waals surface area contributed by atoms with E-state index in [1.54, 1.807) is 18.7 Å². The average Bonchev–Trinajstić information content (AvgIpc) is 2.96. The van der Waals surface area contributed by atoms with Crippen LogP contribution in [0.4, 0.5) is 0 Å². The Morgan fingerprint density at radius 3 is 2.73 bits per heavy atom. The molecule has 1 aromatic heterocycles. The lowest BCUT2D eigenvalue weighted by Crippen LogP contribution is -2.63. The lowest BCUT2D eigenvalue weighted by atomic mass is 9.82. The number of nitrogens with zero attached hydrogens (tertiary/aromatic N) is 2. The Morgan fingerprint density at radius 1 is 1.41 bits per heavy atom. The van der Waals surface area contributed by atoms with Crippen LogP contribution in [0.1, 0.15) is 54.4 Å². The number of hydrogen-bond donors (Lipinski definition) is 1. The summed E-state index contributed by atoms with van der Waals surface area (Å²) in [6.07, 6.45) is 3.44. The first-order valence-corrected chi connectivity index (χ1v) is 7.97. The number of carbonyl (C=O) groups excluding carboxylic acids is 1. The minimum Gasteiger partial charge on any atom is -0.387 e. The molecule has 1 unspecified atom stereocenters. The van der Waals surface area contributed by atoms with E-state index in [1.165, 1.54) is 0 Å². The van der Waals surface area contributed by atoms with Gasteiger partial charge >= 0.3 is 0 Å². The van der Waals surface area contributed by atoms with Crippen molar-refractivity contribution in [2.24, 2.45) is 0 Å². The Bertz CT molecular complexity index is 557. The van der Waals surface area contributed by atoms with Crippen molar-refractivity contribution in [3.63, 3.8) is 0 Å². The van der Waals surface area contributed by atoms with E-state index >= 15 is 0 Å². The molecule has 3 rings (SSSR count). The van der Waals surface area contributed by atoms with Crippen LogP contribution in [0.5, 0.6) is 0 Å². The van der Waals surface area contributed by atoms with Crippen LogP contribution >= 0.6 is 0 Å². The first kappa shape index (κ1) is 15.5. The summed E-state index contributed by atoms with van der Waals surface area (Å²) in [5.74, 6) is 0.490. The summed E-state index contributed by atoms with van der Waals surface area (Å²) in [5, 5.41) is 14.4. The molecule has 1 amide bonds.